The molecule has 0 aromatic heterocycles. The van der Waals surface area contributed by atoms with Crippen molar-refractivity contribution in [2.24, 2.45) is 0 Å². The number of aliphatic hydroxyl groups excluding tert-OH is 1. The Morgan fingerprint density at radius 2 is 1.88 bits per heavy atom. The zero-order valence-corrected chi connectivity index (χ0v) is 9.25. The molecule has 17 heavy (non-hydrogen) atoms. The Hall–Kier alpha value is -1.30. The van der Waals surface area contributed by atoms with Crippen LogP contribution in [0.15, 0.2) is 18.2 Å². The smallest absolute Gasteiger partial charge is 0.336 e. The molecule has 96 valence electrons. The van der Waals surface area contributed by atoms with Crippen LogP contribution in [0.4, 0.5) is 17.6 Å². The topological polar surface area (TPSA) is 29.5 Å². The lowest BCUT2D eigenvalue weighted by molar-refractivity contribution is -0.194. The van der Waals surface area contributed by atoms with Gasteiger partial charge in [0, 0.05) is 5.56 Å². The normalized spacial score (nSPS) is 13.9. The fourth-order valence-electron chi connectivity index (χ4n) is 1.39. The summed E-state index contributed by atoms with van der Waals surface area (Å²) >= 11 is 0. The van der Waals surface area contributed by atoms with E-state index in [2.05, 4.69) is 0 Å². The van der Waals surface area contributed by atoms with Crippen molar-refractivity contribution in [1.82, 2.24) is 0 Å². The SMILES string of the molecule is COc1ccc(C)cc1C(O)C(F)(F)C(F)F. The molecule has 1 rings (SSSR count). The van der Waals surface area contributed by atoms with Crippen molar-refractivity contribution in [3.8, 4) is 5.75 Å². The molecular weight excluding hydrogens is 240 g/mol. The van der Waals surface area contributed by atoms with Crippen molar-refractivity contribution in [2.45, 2.75) is 25.4 Å². The Morgan fingerprint density at radius 1 is 1.29 bits per heavy atom. The number of rotatable bonds is 4. The molecule has 0 radical (unpaired) electrons. The summed E-state index contributed by atoms with van der Waals surface area (Å²) in [7, 11) is 1.21. The van der Waals surface area contributed by atoms with Crippen molar-refractivity contribution < 1.29 is 27.4 Å². The van der Waals surface area contributed by atoms with Gasteiger partial charge in [0.25, 0.3) is 0 Å². The molecule has 0 heterocycles. The van der Waals surface area contributed by atoms with Gasteiger partial charge in [0.2, 0.25) is 0 Å². The molecule has 0 amide bonds. The third kappa shape index (κ3) is 2.69. The molecule has 0 spiro atoms. The number of ether oxygens (including phenoxy) is 1. The van der Waals surface area contributed by atoms with Gasteiger partial charge in [-0.25, -0.2) is 8.78 Å². The van der Waals surface area contributed by atoms with Crippen LogP contribution in [-0.4, -0.2) is 24.6 Å². The van der Waals surface area contributed by atoms with E-state index in [1.807, 2.05) is 0 Å². The molecule has 1 unspecified atom stereocenters. The maximum atomic E-state index is 13.0. The van der Waals surface area contributed by atoms with Crippen molar-refractivity contribution in [1.29, 1.82) is 0 Å². The molecule has 6 heteroatoms. The van der Waals surface area contributed by atoms with Crippen LogP contribution in [0.5, 0.6) is 5.75 Å². The van der Waals surface area contributed by atoms with Gasteiger partial charge in [-0.1, -0.05) is 11.6 Å². The Kier molecular flexibility index (Phi) is 3.98. The van der Waals surface area contributed by atoms with E-state index < -0.39 is 18.5 Å². The average molecular weight is 252 g/mol. The molecule has 0 aliphatic heterocycles. The van der Waals surface area contributed by atoms with Gasteiger partial charge in [-0.05, 0) is 19.1 Å². The van der Waals surface area contributed by atoms with E-state index in [4.69, 9.17) is 4.74 Å². The van der Waals surface area contributed by atoms with Crippen molar-refractivity contribution in [3.05, 3.63) is 29.3 Å². The quantitative estimate of drug-likeness (QED) is 0.835. The first-order valence-corrected chi connectivity index (χ1v) is 4.79. The van der Waals surface area contributed by atoms with Gasteiger partial charge >= 0.3 is 12.3 Å². The Labute approximate surface area is 95.8 Å². The fraction of sp³-hybridized carbons (Fsp3) is 0.455. The van der Waals surface area contributed by atoms with E-state index >= 15 is 0 Å². The molecule has 0 aliphatic carbocycles. The van der Waals surface area contributed by atoms with Crippen LogP contribution >= 0.6 is 0 Å². The summed E-state index contributed by atoms with van der Waals surface area (Å²) in [6.07, 6.45) is -6.54. The summed E-state index contributed by atoms with van der Waals surface area (Å²) in [5.41, 5.74) is 0.211. The van der Waals surface area contributed by atoms with E-state index in [0.29, 0.717) is 5.56 Å². The monoisotopic (exact) mass is 252 g/mol. The summed E-state index contributed by atoms with van der Waals surface area (Å²) < 4.78 is 55.1. The van der Waals surface area contributed by atoms with Gasteiger partial charge in [0.05, 0.1) is 7.11 Å². The molecule has 0 saturated carbocycles. The van der Waals surface area contributed by atoms with Crippen LogP contribution in [0, 0.1) is 6.92 Å². The zero-order valence-electron chi connectivity index (χ0n) is 9.25. The van der Waals surface area contributed by atoms with Crippen LogP contribution < -0.4 is 4.74 Å². The summed E-state index contributed by atoms with van der Waals surface area (Å²) in [5, 5.41) is 9.35. The highest BCUT2D eigenvalue weighted by molar-refractivity contribution is 5.39. The second-order valence-electron chi connectivity index (χ2n) is 3.62. The van der Waals surface area contributed by atoms with Crippen LogP contribution in [0.3, 0.4) is 0 Å². The maximum absolute atomic E-state index is 13.0. The molecule has 1 N–H and O–H groups in total. The number of hydrogen-bond acceptors (Lipinski definition) is 2. The molecule has 2 nitrogen and oxygen atoms in total. The fourth-order valence-corrected chi connectivity index (χ4v) is 1.39. The Balaban J connectivity index is 3.19. The highest BCUT2D eigenvalue weighted by Gasteiger charge is 2.49. The lowest BCUT2D eigenvalue weighted by Crippen LogP contribution is -2.34. The molecule has 0 bridgehead atoms. The van der Waals surface area contributed by atoms with Crippen molar-refractivity contribution in [3.63, 3.8) is 0 Å². The summed E-state index contributed by atoms with van der Waals surface area (Å²) in [6.45, 7) is 1.59. The minimum atomic E-state index is -4.51. The highest BCUT2D eigenvalue weighted by atomic mass is 19.3. The van der Waals surface area contributed by atoms with Crippen LogP contribution in [-0.2, 0) is 0 Å². The standard InChI is InChI=1S/C11H12F4O2/c1-6-3-4-8(17-2)7(5-6)9(16)11(14,15)10(12)13/h3-5,9-10,16H,1-2H3. The van der Waals surface area contributed by atoms with Crippen LogP contribution in [0.1, 0.15) is 17.2 Å². The number of aliphatic hydroxyl groups is 1. The molecule has 1 aromatic rings. The largest absolute Gasteiger partial charge is 0.496 e. The van der Waals surface area contributed by atoms with Crippen molar-refractivity contribution >= 4 is 0 Å². The first-order valence-electron chi connectivity index (χ1n) is 4.79. The molecule has 0 fully saturated rings. The molecule has 0 aliphatic rings. The summed E-state index contributed by atoms with van der Waals surface area (Å²) in [4.78, 5) is 0. The highest BCUT2D eigenvalue weighted by Crippen LogP contribution is 2.40. The van der Waals surface area contributed by atoms with Crippen LogP contribution in [0.2, 0.25) is 0 Å². The molecule has 0 saturated heterocycles. The maximum Gasteiger partial charge on any atom is 0.336 e. The summed E-state index contributed by atoms with van der Waals surface area (Å²) in [5.74, 6) is -4.57. The predicted octanol–water partition coefficient (Wildman–Crippen LogP) is 2.94. The van der Waals surface area contributed by atoms with E-state index in [1.54, 1.807) is 13.0 Å². The average Bonchev–Trinajstić information content (AvgIpc) is 2.27. The third-order valence-electron chi connectivity index (χ3n) is 2.34. The minimum absolute atomic E-state index is 0.0524. The van der Waals surface area contributed by atoms with Crippen molar-refractivity contribution in [2.75, 3.05) is 7.11 Å². The first-order chi connectivity index (χ1) is 7.80. The van der Waals surface area contributed by atoms with Gasteiger partial charge in [-0.15, -0.1) is 0 Å². The number of alkyl halides is 4. The van der Waals surface area contributed by atoms with Gasteiger partial charge in [-0.3, -0.25) is 0 Å². The molecule has 1 atom stereocenters. The second kappa shape index (κ2) is 4.91. The Bertz CT molecular complexity index is 393. The van der Waals surface area contributed by atoms with Gasteiger partial charge < -0.3 is 9.84 Å². The predicted molar refractivity (Wildman–Crippen MR) is 53.6 cm³/mol. The van der Waals surface area contributed by atoms with E-state index in [1.165, 1.54) is 19.2 Å². The van der Waals surface area contributed by atoms with E-state index in [9.17, 15) is 22.7 Å². The number of benzene rings is 1. The van der Waals surface area contributed by atoms with Crippen LogP contribution in [0.25, 0.3) is 0 Å². The number of hydrogen-bond donors (Lipinski definition) is 1. The lowest BCUT2D eigenvalue weighted by Gasteiger charge is -2.23. The lowest BCUT2D eigenvalue weighted by atomic mass is 10.0. The number of halogens is 4. The van der Waals surface area contributed by atoms with Gasteiger partial charge in [-0.2, -0.15) is 8.78 Å². The number of methoxy groups -OCH3 is 1. The van der Waals surface area contributed by atoms with Gasteiger partial charge in [0.1, 0.15) is 5.75 Å². The Morgan fingerprint density at radius 3 is 2.35 bits per heavy atom. The van der Waals surface area contributed by atoms with E-state index in [0.717, 1.165) is 0 Å². The molecule has 1 aromatic carbocycles. The third-order valence-corrected chi connectivity index (χ3v) is 2.34. The summed E-state index contributed by atoms with van der Waals surface area (Å²) in [6, 6.07) is 4.10. The second-order valence-corrected chi connectivity index (χ2v) is 3.62. The van der Waals surface area contributed by atoms with Gasteiger partial charge in [0.15, 0.2) is 6.10 Å². The molecular formula is C11H12F4O2. The number of aryl methyl sites for hydroxylation is 1. The minimum Gasteiger partial charge on any atom is -0.496 e. The van der Waals surface area contributed by atoms with E-state index in [-0.39, 0.29) is 11.3 Å². The zero-order chi connectivity index (χ0) is 13.2. The first kappa shape index (κ1) is 13.8.